The Morgan fingerprint density at radius 2 is 2.13 bits per heavy atom. The number of carbonyl (C=O) groups is 2. The number of hydrogen-bond donors (Lipinski definition) is 3. The van der Waals surface area contributed by atoms with Crippen molar-refractivity contribution in [1.82, 2.24) is 14.5 Å². The first-order valence-electron chi connectivity index (χ1n) is 8.98. The largest absolute Gasteiger partial charge is 0.507 e. The maximum atomic E-state index is 12.5. The van der Waals surface area contributed by atoms with E-state index in [2.05, 4.69) is 4.98 Å². The highest BCUT2D eigenvalue weighted by atomic mass is 35.5. The number of rotatable bonds is 10. The smallest absolute Gasteiger partial charge is 0.329 e. The van der Waals surface area contributed by atoms with Gasteiger partial charge in [-0.15, -0.1) is 11.8 Å². The predicted molar refractivity (Wildman–Crippen MR) is 115 cm³/mol. The number of aromatic nitrogens is 2. The Morgan fingerprint density at radius 1 is 1.40 bits per heavy atom. The first-order valence-corrected chi connectivity index (χ1v) is 10.7. The highest BCUT2D eigenvalue weighted by molar-refractivity contribution is 7.99. The van der Waals surface area contributed by atoms with Crippen LogP contribution in [0.5, 0.6) is 11.5 Å². The molecule has 2 rings (SSSR count). The van der Waals surface area contributed by atoms with Gasteiger partial charge in [0.1, 0.15) is 29.7 Å². The van der Waals surface area contributed by atoms with E-state index in [1.807, 2.05) is 6.92 Å². The number of aliphatic carboxylic acids is 1. The Kier molecular flexibility index (Phi) is 9.09. The van der Waals surface area contributed by atoms with E-state index in [9.17, 15) is 14.7 Å². The molecular formula is C18H22Cl2N4O5S. The second kappa shape index (κ2) is 11.3. The number of imidazole rings is 1. The summed E-state index contributed by atoms with van der Waals surface area (Å²) in [7, 11) is 0. The van der Waals surface area contributed by atoms with Crippen molar-refractivity contribution in [2.24, 2.45) is 5.73 Å². The van der Waals surface area contributed by atoms with Crippen LogP contribution in [0.1, 0.15) is 13.3 Å². The number of benzene rings is 1. The molecule has 1 amide bonds. The average molecular weight is 477 g/mol. The zero-order chi connectivity index (χ0) is 22.3. The number of nitrogens with two attached hydrogens (primary N) is 1. The molecule has 1 aromatic heterocycles. The number of thioether (sulfide) groups is 1. The highest BCUT2D eigenvalue weighted by Gasteiger charge is 2.21. The second-order valence-corrected chi connectivity index (χ2v) is 8.01. The molecule has 12 heteroatoms. The zero-order valence-corrected chi connectivity index (χ0v) is 18.5. The van der Waals surface area contributed by atoms with Gasteiger partial charge in [0, 0.05) is 30.8 Å². The van der Waals surface area contributed by atoms with Crippen LogP contribution in [0.25, 0.3) is 0 Å². The number of carboxylic acid groups (broad SMARTS) is 1. The third kappa shape index (κ3) is 6.18. The Bertz CT molecular complexity index is 882. The fourth-order valence-corrected chi connectivity index (χ4v) is 4.08. The summed E-state index contributed by atoms with van der Waals surface area (Å²) in [6.07, 6.45) is 5.26. The number of carbonyl (C=O) groups excluding carboxylic acids is 1. The summed E-state index contributed by atoms with van der Waals surface area (Å²) in [4.78, 5) is 29.1. The van der Waals surface area contributed by atoms with Crippen LogP contribution in [-0.2, 0) is 4.79 Å². The minimum atomic E-state index is -1.16. The number of amides is 1. The van der Waals surface area contributed by atoms with Gasteiger partial charge in [0.15, 0.2) is 5.75 Å². The summed E-state index contributed by atoms with van der Waals surface area (Å²) < 4.78 is 7.08. The lowest BCUT2D eigenvalue weighted by molar-refractivity contribution is -0.137. The molecular weight excluding hydrogens is 455 g/mol. The molecule has 0 bridgehead atoms. The molecule has 164 valence electrons. The molecule has 0 aliphatic heterocycles. The molecule has 0 saturated heterocycles. The topological polar surface area (TPSA) is 131 Å². The molecule has 30 heavy (non-hydrogen) atoms. The molecule has 1 aromatic carbocycles. The summed E-state index contributed by atoms with van der Waals surface area (Å²) in [6, 6.07) is -0.0975. The molecule has 0 spiro atoms. The van der Waals surface area contributed by atoms with E-state index >= 15 is 0 Å². The Hall–Kier alpha value is -2.14. The first kappa shape index (κ1) is 24.1. The molecule has 1 atom stereocenters. The van der Waals surface area contributed by atoms with E-state index in [1.165, 1.54) is 23.2 Å². The summed E-state index contributed by atoms with van der Waals surface area (Å²) >= 11 is 13.5. The number of phenols is 1. The minimum absolute atomic E-state index is 0.00658. The highest BCUT2D eigenvalue weighted by Crippen LogP contribution is 2.45. The summed E-state index contributed by atoms with van der Waals surface area (Å²) in [5, 5.41) is 19.2. The normalized spacial score (nSPS) is 11.9. The Labute approximate surface area is 187 Å². The van der Waals surface area contributed by atoms with E-state index in [0.717, 1.165) is 18.2 Å². The standard InChI is InChI=1S/C18H22Cl2N4O5S/c1-2-4-23(18(28)24-5-3-22-10-24)6-7-29-15-11(19)8-13(25)16(14(15)20)30-9-12(21)17(26)27/h3,5,8,10,12,25H,2,4,6-7,9,21H2,1H3,(H,26,27). The van der Waals surface area contributed by atoms with Crippen molar-refractivity contribution < 1.29 is 24.5 Å². The van der Waals surface area contributed by atoms with Crippen LogP contribution in [-0.4, -0.2) is 68.2 Å². The summed E-state index contributed by atoms with van der Waals surface area (Å²) in [6.45, 7) is 2.84. The number of phenolic OH excluding ortho intramolecular Hbond substituents is 1. The molecule has 1 heterocycles. The van der Waals surface area contributed by atoms with E-state index in [4.69, 9.17) is 38.8 Å². The van der Waals surface area contributed by atoms with Gasteiger partial charge in [-0.2, -0.15) is 0 Å². The molecule has 2 aromatic rings. The van der Waals surface area contributed by atoms with E-state index < -0.39 is 12.0 Å². The maximum Gasteiger partial charge on any atom is 0.329 e. The van der Waals surface area contributed by atoms with Gasteiger partial charge in [0.05, 0.1) is 16.5 Å². The van der Waals surface area contributed by atoms with Gasteiger partial charge in [-0.1, -0.05) is 30.1 Å². The average Bonchev–Trinajstić information content (AvgIpc) is 3.23. The van der Waals surface area contributed by atoms with Gasteiger partial charge < -0.3 is 25.6 Å². The fourth-order valence-electron chi connectivity index (χ4n) is 2.45. The van der Waals surface area contributed by atoms with Gasteiger partial charge in [0.25, 0.3) is 0 Å². The second-order valence-electron chi connectivity index (χ2n) is 6.19. The summed E-state index contributed by atoms with van der Waals surface area (Å²) in [5.74, 6) is -1.24. The van der Waals surface area contributed by atoms with Gasteiger partial charge in [-0.25, -0.2) is 9.78 Å². The van der Waals surface area contributed by atoms with Crippen LogP contribution in [0.4, 0.5) is 4.79 Å². The van der Waals surface area contributed by atoms with Gasteiger partial charge in [-0.3, -0.25) is 9.36 Å². The minimum Gasteiger partial charge on any atom is -0.507 e. The van der Waals surface area contributed by atoms with Crippen LogP contribution in [0.15, 0.2) is 29.7 Å². The maximum absolute atomic E-state index is 12.5. The van der Waals surface area contributed by atoms with Crippen molar-refractivity contribution in [2.45, 2.75) is 24.3 Å². The number of halogens is 2. The Morgan fingerprint density at radius 3 is 2.73 bits per heavy atom. The third-order valence-electron chi connectivity index (χ3n) is 3.93. The Balaban J connectivity index is 2.08. The third-order valence-corrected chi connectivity index (χ3v) is 5.91. The van der Waals surface area contributed by atoms with Crippen molar-refractivity contribution in [3.63, 3.8) is 0 Å². The molecule has 0 fully saturated rings. The van der Waals surface area contributed by atoms with Crippen LogP contribution in [0, 0.1) is 0 Å². The lowest BCUT2D eigenvalue weighted by Gasteiger charge is -2.22. The summed E-state index contributed by atoms with van der Waals surface area (Å²) in [5.41, 5.74) is 5.50. The molecule has 4 N–H and O–H groups in total. The van der Waals surface area contributed by atoms with Crippen LogP contribution < -0.4 is 10.5 Å². The van der Waals surface area contributed by atoms with E-state index in [1.54, 1.807) is 11.1 Å². The molecule has 1 unspecified atom stereocenters. The fraction of sp³-hybridized carbons (Fsp3) is 0.389. The molecule has 0 radical (unpaired) electrons. The van der Waals surface area contributed by atoms with Crippen molar-refractivity contribution in [2.75, 3.05) is 25.4 Å². The van der Waals surface area contributed by atoms with Crippen LogP contribution >= 0.6 is 35.0 Å². The van der Waals surface area contributed by atoms with Gasteiger partial charge >= 0.3 is 12.0 Å². The number of aromatic hydroxyl groups is 1. The number of nitrogens with zero attached hydrogens (tertiary/aromatic N) is 3. The van der Waals surface area contributed by atoms with Gasteiger partial charge in [0.2, 0.25) is 0 Å². The van der Waals surface area contributed by atoms with Crippen LogP contribution in [0.3, 0.4) is 0 Å². The van der Waals surface area contributed by atoms with E-state index in [-0.39, 0.29) is 51.4 Å². The van der Waals surface area contributed by atoms with Crippen molar-refractivity contribution in [1.29, 1.82) is 0 Å². The SMILES string of the molecule is CCCN(CCOc1c(Cl)cc(O)c(SCC(N)C(=O)O)c1Cl)C(=O)n1ccnc1. The molecule has 9 nitrogen and oxygen atoms in total. The lowest BCUT2D eigenvalue weighted by atomic mass is 10.3. The van der Waals surface area contributed by atoms with Crippen LogP contribution in [0.2, 0.25) is 10.0 Å². The number of ether oxygens (including phenoxy) is 1. The lowest BCUT2D eigenvalue weighted by Crippen LogP contribution is -2.37. The molecule has 0 aliphatic carbocycles. The van der Waals surface area contributed by atoms with E-state index in [0.29, 0.717) is 6.54 Å². The zero-order valence-electron chi connectivity index (χ0n) is 16.1. The monoisotopic (exact) mass is 476 g/mol. The molecule has 0 saturated carbocycles. The number of hydrogen-bond acceptors (Lipinski definition) is 7. The first-order chi connectivity index (χ1) is 14.3. The van der Waals surface area contributed by atoms with Gasteiger partial charge in [-0.05, 0) is 6.42 Å². The van der Waals surface area contributed by atoms with Crippen molar-refractivity contribution in [3.05, 3.63) is 34.8 Å². The molecule has 0 aliphatic rings. The van der Waals surface area contributed by atoms with Crippen molar-refractivity contribution >= 4 is 47.0 Å². The quantitative estimate of drug-likeness (QED) is 0.445. The van der Waals surface area contributed by atoms with Crippen molar-refractivity contribution in [3.8, 4) is 11.5 Å². The predicted octanol–water partition coefficient (Wildman–Crippen LogP) is 3.16. The number of carboxylic acids is 1.